The molecule has 0 radical (unpaired) electrons. The Morgan fingerprint density at radius 2 is 2.00 bits per heavy atom. The molecule has 1 fully saturated rings. The lowest BCUT2D eigenvalue weighted by Crippen LogP contribution is -2.40. The van der Waals surface area contributed by atoms with Gasteiger partial charge in [-0.15, -0.1) is 0 Å². The van der Waals surface area contributed by atoms with Crippen molar-refractivity contribution in [3.8, 4) is 0 Å². The summed E-state index contributed by atoms with van der Waals surface area (Å²) in [6.07, 6.45) is 7.59. The number of hydrogen-bond acceptors (Lipinski definition) is 2. The van der Waals surface area contributed by atoms with Crippen LogP contribution >= 0.6 is 0 Å². The molecule has 0 bridgehead atoms. The van der Waals surface area contributed by atoms with Gasteiger partial charge in [0.25, 0.3) is 0 Å². The molecule has 1 atom stereocenters. The monoisotopic (exact) mass is 344 g/mol. The number of unbranched alkanes of at least 4 members (excludes halogenated alkanes) is 3. The first kappa shape index (κ1) is 19.8. The van der Waals surface area contributed by atoms with Crippen LogP contribution in [0.2, 0.25) is 0 Å². The number of aliphatic imine (C=N–C) groups is 1. The van der Waals surface area contributed by atoms with Gasteiger partial charge in [-0.25, -0.2) is 0 Å². The molecule has 0 amide bonds. The Morgan fingerprint density at radius 3 is 2.76 bits per heavy atom. The van der Waals surface area contributed by atoms with Gasteiger partial charge in [0.15, 0.2) is 5.96 Å². The van der Waals surface area contributed by atoms with Crippen molar-refractivity contribution in [1.29, 1.82) is 0 Å². The summed E-state index contributed by atoms with van der Waals surface area (Å²) in [4.78, 5) is 6.94. The summed E-state index contributed by atoms with van der Waals surface area (Å²) in [5, 5.41) is 6.94. The normalized spacial score (nSPS) is 18.5. The third kappa shape index (κ3) is 7.91. The SMILES string of the molecule is CCCCCCNC(=NC)NCC1CCN(CCc2ccccc2)C1. The summed E-state index contributed by atoms with van der Waals surface area (Å²) in [7, 11) is 1.86. The van der Waals surface area contributed by atoms with Crippen molar-refractivity contribution in [2.75, 3.05) is 39.8 Å². The number of rotatable bonds is 10. The maximum Gasteiger partial charge on any atom is 0.190 e. The number of hydrogen-bond donors (Lipinski definition) is 2. The Morgan fingerprint density at radius 1 is 1.16 bits per heavy atom. The summed E-state index contributed by atoms with van der Waals surface area (Å²) in [5.41, 5.74) is 1.44. The predicted octanol–water partition coefficient (Wildman–Crippen LogP) is 3.30. The van der Waals surface area contributed by atoms with E-state index < -0.39 is 0 Å². The van der Waals surface area contributed by atoms with Crippen molar-refractivity contribution in [1.82, 2.24) is 15.5 Å². The third-order valence-corrected chi connectivity index (χ3v) is 5.03. The van der Waals surface area contributed by atoms with Crippen LogP contribution in [0.3, 0.4) is 0 Å². The lowest BCUT2D eigenvalue weighted by molar-refractivity contribution is 0.328. The number of benzene rings is 1. The predicted molar refractivity (Wildman–Crippen MR) is 108 cm³/mol. The first-order valence-corrected chi connectivity index (χ1v) is 10.0. The van der Waals surface area contributed by atoms with Gasteiger partial charge in [-0.3, -0.25) is 4.99 Å². The number of nitrogens with zero attached hydrogens (tertiary/aromatic N) is 2. The molecule has 0 spiro atoms. The minimum atomic E-state index is 0.731. The van der Waals surface area contributed by atoms with E-state index in [2.05, 4.69) is 57.8 Å². The van der Waals surface area contributed by atoms with Crippen molar-refractivity contribution in [2.24, 2.45) is 10.9 Å². The van der Waals surface area contributed by atoms with E-state index in [1.165, 1.54) is 57.3 Å². The van der Waals surface area contributed by atoms with E-state index in [9.17, 15) is 0 Å². The first-order valence-electron chi connectivity index (χ1n) is 10.0. The van der Waals surface area contributed by atoms with Crippen LogP contribution < -0.4 is 10.6 Å². The summed E-state index contributed by atoms with van der Waals surface area (Å²) >= 11 is 0. The molecule has 4 nitrogen and oxygen atoms in total. The summed E-state index contributed by atoms with van der Waals surface area (Å²) < 4.78 is 0. The molecule has 4 heteroatoms. The molecule has 0 aromatic heterocycles. The highest BCUT2D eigenvalue weighted by Gasteiger charge is 2.22. The van der Waals surface area contributed by atoms with Gasteiger partial charge in [0.1, 0.15) is 0 Å². The van der Waals surface area contributed by atoms with Crippen LogP contribution in [0.5, 0.6) is 0 Å². The maximum atomic E-state index is 4.34. The molecule has 1 aromatic carbocycles. The Balaban J connectivity index is 1.58. The molecule has 1 unspecified atom stereocenters. The van der Waals surface area contributed by atoms with Crippen molar-refractivity contribution in [2.45, 2.75) is 45.4 Å². The smallest absolute Gasteiger partial charge is 0.190 e. The van der Waals surface area contributed by atoms with E-state index in [-0.39, 0.29) is 0 Å². The Bertz CT molecular complexity index is 486. The zero-order valence-corrected chi connectivity index (χ0v) is 16.1. The highest BCUT2D eigenvalue weighted by atomic mass is 15.2. The summed E-state index contributed by atoms with van der Waals surface area (Å²) in [5.74, 6) is 1.69. The van der Waals surface area contributed by atoms with Gasteiger partial charge in [-0.2, -0.15) is 0 Å². The molecule has 1 aliphatic rings. The fourth-order valence-corrected chi connectivity index (χ4v) is 3.43. The van der Waals surface area contributed by atoms with E-state index >= 15 is 0 Å². The largest absolute Gasteiger partial charge is 0.356 e. The molecule has 140 valence electrons. The quantitative estimate of drug-likeness (QED) is 0.389. The lowest BCUT2D eigenvalue weighted by atomic mass is 10.1. The molecule has 25 heavy (non-hydrogen) atoms. The van der Waals surface area contributed by atoms with E-state index in [4.69, 9.17) is 0 Å². The fourth-order valence-electron chi connectivity index (χ4n) is 3.43. The van der Waals surface area contributed by atoms with Crippen LogP contribution in [-0.4, -0.2) is 50.6 Å². The average molecular weight is 345 g/mol. The highest BCUT2D eigenvalue weighted by Crippen LogP contribution is 2.16. The summed E-state index contributed by atoms with van der Waals surface area (Å²) in [6.45, 7) is 7.89. The molecule has 0 saturated carbocycles. The van der Waals surface area contributed by atoms with Crippen molar-refractivity contribution in [3.05, 3.63) is 35.9 Å². The molecule has 1 saturated heterocycles. The molecule has 1 aliphatic heterocycles. The molecule has 2 rings (SSSR count). The Hall–Kier alpha value is -1.55. The van der Waals surface area contributed by atoms with Gasteiger partial charge in [-0.05, 0) is 37.3 Å². The van der Waals surface area contributed by atoms with Crippen LogP contribution in [-0.2, 0) is 6.42 Å². The van der Waals surface area contributed by atoms with Gasteiger partial charge in [0.05, 0.1) is 0 Å². The molecule has 2 N–H and O–H groups in total. The molecule has 0 aliphatic carbocycles. The fraction of sp³-hybridized carbons (Fsp3) is 0.667. The summed E-state index contributed by atoms with van der Waals surface area (Å²) in [6, 6.07) is 10.8. The van der Waals surface area contributed by atoms with E-state index in [0.29, 0.717) is 0 Å². The van der Waals surface area contributed by atoms with Gasteiger partial charge in [0, 0.05) is 33.2 Å². The Kier molecular flexibility index (Phi) is 9.42. The topological polar surface area (TPSA) is 39.7 Å². The van der Waals surface area contributed by atoms with E-state index in [1.807, 2.05) is 7.05 Å². The molecule has 1 aromatic rings. The molecular formula is C21H36N4. The van der Waals surface area contributed by atoms with Crippen LogP contribution in [0, 0.1) is 5.92 Å². The van der Waals surface area contributed by atoms with Crippen LogP contribution in [0.4, 0.5) is 0 Å². The molecular weight excluding hydrogens is 308 g/mol. The standard InChI is InChI=1S/C21H36N4/c1-3-4-5-9-14-23-21(22-2)24-17-20-13-16-25(18-20)15-12-19-10-7-6-8-11-19/h6-8,10-11,20H,3-5,9,12-18H2,1-2H3,(H2,22,23,24). The second-order valence-corrected chi connectivity index (χ2v) is 7.13. The van der Waals surface area contributed by atoms with Gasteiger partial charge < -0.3 is 15.5 Å². The van der Waals surface area contributed by atoms with Crippen LogP contribution in [0.1, 0.15) is 44.6 Å². The molecule has 1 heterocycles. The van der Waals surface area contributed by atoms with Gasteiger partial charge >= 0.3 is 0 Å². The van der Waals surface area contributed by atoms with Gasteiger partial charge in [0.2, 0.25) is 0 Å². The van der Waals surface area contributed by atoms with Crippen molar-refractivity contribution >= 4 is 5.96 Å². The lowest BCUT2D eigenvalue weighted by Gasteiger charge is -2.17. The van der Waals surface area contributed by atoms with Crippen LogP contribution in [0.25, 0.3) is 0 Å². The Labute approximate surface area is 154 Å². The second-order valence-electron chi connectivity index (χ2n) is 7.13. The first-order chi connectivity index (χ1) is 12.3. The van der Waals surface area contributed by atoms with Gasteiger partial charge in [-0.1, -0.05) is 56.5 Å². The zero-order valence-electron chi connectivity index (χ0n) is 16.1. The maximum absolute atomic E-state index is 4.34. The average Bonchev–Trinajstić information content (AvgIpc) is 3.11. The second kappa shape index (κ2) is 11.9. The van der Waals surface area contributed by atoms with Crippen molar-refractivity contribution < 1.29 is 0 Å². The number of nitrogens with one attached hydrogen (secondary N) is 2. The third-order valence-electron chi connectivity index (χ3n) is 5.03. The number of guanidine groups is 1. The van der Waals surface area contributed by atoms with Crippen molar-refractivity contribution in [3.63, 3.8) is 0 Å². The van der Waals surface area contributed by atoms with E-state index in [1.54, 1.807) is 0 Å². The number of likely N-dealkylation sites (tertiary alicyclic amines) is 1. The zero-order chi connectivity index (χ0) is 17.7. The van der Waals surface area contributed by atoms with Crippen LogP contribution in [0.15, 0.2) is 35.3 Å². The minimum absolute atomic E-state index is 0.731. The minimum Gasteiger partial charge on any atom is -0.356 e. The van der Waals surface area contributed by atoms with E-state index in [0.717, 1.165) is 31.4 Å². The highest BCUT2D eigenvalue weighted by molar-refractivity contribution is 5.79.